The number of nitrogens with zero attached hydrogens (tertiary/aromatic N) is 1. The number of amides is 2. The summed E-state index contributed by atoms with van der Waals surface area (Å²) in [4.78, 5) is 25.3. The molecule has 1 saturated carbocycles. The van der Waals surface area contributed by atoms with E-state index in [2.05, 4.69) is 6.92 Å². The summed E-state index contributed by atoms with van der Waals surface area (Å²) in [6.45, 7) is 2.06. The Morgan fingerprint density at radius 2 is 1.60 bits per heavy atom. The lowest BCUT2D eigenvalue weighted by atomic mass is 10.1. The summed E-state index contributed by atoms with van der Waals surface area (Å²) in [7, 11) is 0. The molecule has 0 radical (unpaired) electrons. The molecule has 1 aliphatic carbocycles. The van der Waals surface area contributed by atoms with Crippen molar-refractivity contribution in [3.8, 4) is 0 Å². The van der Waals surface area contributed by atoms with Gasteiger partial charge in [0.25, 0.3) is 11.8 Å². The monoisotopic (exact) mass is 201 g/mol. The molecule has 0 saturated heterocycles. The average molecular weight is 201 g/mol. The van der Waals surface area contributed by atoms with Gasteiger partial charge in [-0.15, -0.1) is 0 Å². The van der Waals surface area contributed by atoms with Gasteiger partial charge in [0.05, 0.1) is 11.1 Å². The average Bonchev–Trinajstić information content (AvgIpc) is 2.89. The number of carbonyl (C=O) groups excluding carboxylic acids is 2. The lowest BCUT2D eigenvalue weighted by molar-refractivity contribution is 0.0635. The van der Waals surface area contributed by atoms with E-state index in [1.54, 1.807) is 24.3 Å². The summed E-state index contributed by atoms with van der Waals surface area (Å²) in [5, 5.41) is 0. The quantitative estimate of drug-likeness (QED) is 0.648. The molecule has 0 spiro atoms. The second-order valence-corrected chi connectivity index (χ2v) is 4.31. The van der Waals surface area contributed by atoms with Gasteiger partial charge < -0.3 is 0 Å². The maximum Gasteiger partial charge on any atom is 0.261 e. The molecule has 0 N–H and O–H groups in total. The Balaban J connectivity index is 2.05. The molecule has 2 atom stereocenters. The van der Waals surface area contributed by atoms with Gasteiger partial charge in [0, 0.05) is 6.04 Å². The summed E-state index contributed by atoms with van der Waals surface area (Å²) in [6.07, 6.45) is 0.950. The van der Waals surface area contributed by atoms with Crippen LogP contribution in [0, 0.1) is 5.92 Å². The van der Waals surface area contributed by atoms with E-state index < -0.39 is 0 Å². The fourth-order valence-electron chi connectivity index (χ4n) is 2.17. The second kappa shape index (κ2) is 2.69. The largest absolute Gasteiger partial charge is 0.271 e. The van der Waals surface area contributed by atoms with Crippen LogP contribution in [0.4, 0.5) is 0 Å². The van der Waals surface area contributed by atoms with Crippen LogP contribution in [0.15, 0.2) is 24.3 Å². The van der Waals surface area contributed by atoms with Crippen molar-refractivity contribution >= 4 is 11.8 Å². The Morgan fingerprint density at radius 3 is 2.00 bits per heavy atom. The van der Waals surface area contributed by atoms with E-state index in [4.69, 9.17) is 0 Å². The topological polar surface area (TPSA) is 37.4 Å². The van der Waals surface area contributed by atoms with Gasteiger partial charge in [-0.25, -0.2) is 0 Å². The number of fused-ring (bicyclic) bond motifs is 1. The molecule has 2 amide bonds. The number of rotatable bonds is 1. The van der Waals surface area contributed by atoms with Crippen LogP contribution >= 0.6 is 0 Å². The summed E-state index contributed by atoms with van der Waals surface area (Å²) < 4.78 is 0. The molecule has 1 fully saturated rings. The number of benzene rings is 1. The predicted octanol–water partition coefficient (Wildman–Crippen LogP) is 1.69. The fourth-order valence-corrected chi connectivity index (χ4v) is 2.17. The van der Waals surface area contributed by atoms with Gasteiger partial charge in [-0.3, -0.25) is 14.5 Å². The minimum Gasteiger partial charge on any atom is -0.271 e. The minimum atomic E-state index is -0.120. The molecule has 1 heterocycles. The number of carbonyl (C=O) groups is 2. The van der Waals surface area contributed by atoms with Gasteiger partial charge in [0.2, 0.25) is 0 Å². The normalized spacial score (nSPS) is 28.2. The molecule has 15 heavy (non-hydrogen) atoms. The standard InChI is InChI=1S/C12H11NO2/c1-7-6-10(7)13-11(14)8-4-2-3-5-9(8)12(13)15/h2-5,7,10H,6H2,1H3/t7-,10-/m1/s1. The van der Waals surface area contributed by atoms with E-state index in [0.29, 0.717) is 17.0 Å². The third kappa shape index (κ3) is 1.06. The van der Waals surface area contributed by atoms with Crippen molar-refractivity contribution in [1.82, 2.24) is 4.90 Å². The van der Waals surface area contributed by atoms with Crippen molar-refractivity contribution in [3.63, 3.8) is 0 Å². The molecule has 3 nitrogen and oxygen atoms in total. The molecule has 1 aromatic carbocycles. The highest BCUT2D eigenvalue weighted by Crippen LogP contribution is 2.39. The highest BCUT2D eigenvalue weighted by atomic mass is 16.2. The van der Waals surface area contributed by atoms with Crippen LogP contribution in [0.5, 0.6) is 0 Å². The van der Waals surface area contributed by atoms with Gasteiger partial charge in [-0.05, 0) is 24.5 Å². The zero-order valence-corrected chi connectivity index (χ0v) is 8.43. The number of hydrogen-bond donors (Lipinski definition) is 0. The Labute approximate surface area is 87.7 Å². The van der Waals surface area contributed by atoms with Crippen LogP contribution in [-0.4, -0.2) is 22.8 Å². The van der Waals surface area contributed by atoms with Gasteiger partial charge in [-0.1, -0.05) is 19.1 Å². The lowest BCUT2D eigenvalue weighted by Crippen LogP contribution is -2.32. The van der Waals surface area contributed by atoms with Crippen molar-refractivity contribution in [3.05, 3.63) is 35.4 Å². The summed E-state index contributed by atoms with van der Waals surface area (Å²) >= 11 is 0. The Kier molecular flexibility index (Phi) is 1.55. The van der Waals surface area contributed by atoms with Crippen LogP contribution in [0.1, 0.15) is 34.1 Å². The molecular formula is C12H11NO2. The molecule has 1 aromatic rings. The van der Waals surface area contributed by atoms with Crippen molar-refractivity contribution in [2.24, 2.45) is 5.92 Å². The minimum absolute atomic E-state index is 0.120. The van der Waals surface area contributed by atoms with Gasteiger partial charge in [0.15, 0.2) is 0 Å². The first-order valence-electron chi connectivity index (χ1n) is 5.17. The van der Waals surface area contributed by atoms with Crippen LogP contribution in [0.2, 0.25) is 0 Å². The Hall–Kier alpha value is -1.64. The molecule has 3 rings (SSSR count). The molecule has 0 aromatic heterocycles. The van der Waals surface area contributed by atoms with E-state index in [1.807, 2.05) is 0 Å². The first-order chi connectivity index (χ1) is 7.20. The third-order valence-electron chi connectivity index (χ3n) is 3.22. The van der Waals surface area contributed by atoms with Crippen LogP contribution in [0.25, 0.3) is 0 Å². The molecule has 3 heteroatoms. The van der Waals surface area contributed by atoms with E-state index in [-0.39, 0.29) is 17.9 Å². The first kappa shape index (κ1) is 8.65. The van der Waals surface area contributed by atoms with Crippen molar-refractivity contribution in [2.45, 2.75) is 19.4 Å². The summed E-state index contributed by atoms with van der Waals surface area (Å²) in [6, 6.07) is 7.18. The molecular weight excluding hydrogens is 190 g/mol. The maximum atomic E-state index is 11.9. The molecule has 2 aliphatic rings. The van der Waals surface area contributed by atoms with Gasteiger partial charge in [0.1, 0.15) is 0 Å². The second-order valence-electron chi connectivity index (χ2n) is 4.31. The first-order valence-corrected chi connectivity index (χ1v) is 5.17. The smallest absolute Gasteiger partial charge is 0.261 e. The maximum absolute atomic E-state index is 11.9. The lowest BCUT2D eigenvalue weighted by Gasteiger charge is -2.12. The van der Waals surface area contributed by atoms with Crippen molar-refractivity contribution in [2.75, 3.05) is 0 Å². The van der Waals surface area contributed by atoms with Gasteiger partial charge in [-0.2, -0.15) is 0 Å². The molecule has 0 unspecified atom stereocenters. The van der Waals surface area contributed by atoms with Gasteiger partial charge >= 0.3 is 0 Å². The third-order valence-corrected chi connectivity index (χ3v) is 3.22. The van der Waals surface area contributed by atoms with Crippen LogP contribution < -0.4 is 0 Å². The SMILES string of the molecule is C[C@@H]1C[C@H]1N1C(=O)c2ccccc2C1=O. The van der Waals surface area contributed by atoms with Crippen molar-refractivity contribution < 1.29 is 9.59 Å². The number of hydrogen-bond acceptors (Lipinski definition) is 2. The highest BCUT2D eigenvalue weighted by molar-refractivity contribution is 6.21. The molecule has 0 bridgehead atoms. The molecule has 1 aliphatic heterocycles. The zero-order valence-electron chi connectivity index (χ0n) is 8.43. The Bertz CT molecular complexity index is 431. The predicted molar refractivity (Wildman–Crippen MR) is 54.5 cm³/mol. The van der Waals surface area contributed by atoms with E-state index in [9.17, 15) is 9.59 Å². The number of imide groups is 1. The summed E-state index contributed by atoms with van der Waals surface area (Å²) in [5.41, 5.74) is 1.11. The van der Waals surface area contributed by atoms with Crippen molar-refractivity contribution in [1.29, 1.82) is 0 Å². The highest BCUT2D eigenvalue weighted by Gasteiger charge is 2.48. The Morgan fingerprint density at radius 1 is 1.13 bits per heavy atom. The van der Waals surface area contributed by atoms with E-state index in [1.165, 1.54) is 4.90 Å². The summed E-state index contributed by atoms with van der Waals surface area (Å²) in [5.74, 6) is 0.224. The van der Waals surface area contributed by atoms with E-state index in [0.717, 1.165) is 6.42 Å². The van der Waals surface area contributed by atoms with Crippen LogP contribution in [0.3, 0.4) is 0 Å². The zero-order chi connectivity index (χ0) is 10.6. The molecule has 76 valence electrons. The fraction of sp³-hybridized carbons (Fsp3) is 0.333. The van der Waals surface area contributed by atoms with Crippen LogP contribution in [-0.2, 0) is 0 Å². The van der Waals surface area contributed by atoms with E-state index >= 15 is 0 Å².